The number of H-pyrrole nitrogens is 1. The highest BCUT2D eigenvalue weighted by atomic mass is 16.2. The van der Waals surface area contributed by atoms with Gasteiger partial charge in [0.25, 0.3) is 11.5 Å². The van der Waals surface area contributed by atoms with Gasteiger partial charge in [-0.25, -0.2) is 0 Å². The fourth-order valence-corrected chi connectivity index (χ4v) is 1.53. The van der Waals surface area contributed by atoms with E-state index in [9.17, 15) is 9.59 Å². The van der Waals surface area contributed by atoms with Crippen LogP contribution in [0.2, 0.25) is 0 Å². The van der Waals surface area contributed by atoms with Crippen LogP contribution in [0.25, 0.3) is 0 Å². The SMILES string of the molecule is CCCCN(C)C(=O)c1c(C)cc[nH]c1=O. The molecule has 0 aliphatic carbocycles. The molecule has 0 unspecified atom stereocenters. The number of nitrogens with one attached hydrogen (secondary N) is 1. The molecule has 0 atom stereocenters. The van der Waals surface area contributed by atoms with Crippen molar-refractivity contribution in [1.29, 1.82) is 0 Å². The smallest absolute Gasteiger partial charge is 0.261 e. The fraction of sp³-hybridized carbons (Fsp3) is 0.500. The maximum atomic E-state index is 12.0. The van der Waals surface area contributed by atoms with E-state index in [1.54, 1.807) is 31.1 Å². The first-order valence-electron chi connectivity index (χ1n) is 5.51. The molecule has 4 heteroatoms. The Balaban J connectivity index is 2.92. The van der Waals surface area contributed by atoms with E-state index >= 15 is 0 Å². The number of hydrogen-bond acceptors (Lipinski definition) is 2. The van der Waals surface area contributed by atoms with E-state index < -0.39 is 0 Å². The number of carbonyl (C=O) groups is 1. The van der Waals surface area contributed by atoms with Gasteiger partial charge in [-0.2, -0.15) is 0 Å². The zero-order valence-corrected chi connectivity index (χ0v) is 10.0. The van der Waals surface area contributed by atoms with Crippen LogP contribution in [0.5, 0.6) is 0 Å². The Kier molecular flexibility index (Phi) is 4.28. The lowest BCUT2D eigenvalue weighted by molar-refractivity contribution is 0.0791. The molecule has 0 bridgehead atoms. The van der Waals surface area contributed by atoms with Crippen LogP contribution in [0, 0.1) is 6.92 Å². The lowest BCUT2D eigenvalue weighted by atomic mass is 10.1. The molecule has 1 heterocycles. The summed E-state index contributed by atoms with van der Waals surface area (Å²) in [6.07, 6.45) is 3.54. The van der Waals surface area contributed by atoms with Crippen LogP contribution in [0.1, 0.15) is 35.7 Å². The van der Waals surface area contributed by atoms with Crippen LogP contribution in [0.4, 0.5) is 0 Å². The maximum Gasteiger partial charge on any atom is 0.261 e. The highest BCUT2D eigenvalue weighted by Crippen LogP contribution is 2.04. The van der Waals surface area contributed by atoms with Crippen LogP contribution in [-0.4, -0.2) is 29.4 Å². The second-order valence-electron chi connectivity index (χ2n) is 3.95. The van der Waals surface area contributed by atoms with E-state index in [2.05, 4.69) is 11.9 Å². The molecule has 1 aromatic rings. The standard InChI is InChI=1S/C12H18N2O2/c1-4-5-8-14(3)12(16)10-9(2)6-7-13-11(10)15/h6-7H,4-5,8H2,1-3H3,(H,13,15). The first-order valence-corrected chi connectivity index (χ1v) is 5.51. The first kappa shape index (κ1) is 12.5. The van der Waals surface area contributed by atoms with Crippen molar-refractivity contribution in [1.82, 2.24) is 9.88 Å². The van der Waals surface area contributed by atoms with Crippen molar-refractivity contribution < 1.29 is 4.79 Å². The maximum absolute atomic E-state index is 12.0. The summed E-state index contributed by atoms with van der Waals surface area (Å²) >= 11 is 0. The zero-order valence-electron chi connectivity index (χ0n) is 10.0. The second-order valence-corrected chi connectivity index (χ2v) is 3.95. The summed E-state index contributed by atoms with van der Waals surface area (Å²) in [6, 6.07) is 1.74. The van der Waals surface area contributed by atoms with Gasteiger partial charge in [0.15, 0.2) is 0 Å². The topological polar surface area (TPSA) is 53.2 Å². The van der Waals surface area contributed by atoms with Crippen LogP contribution in [0.3, 0.4) is 0 Å². The number of aryl methyl sites for hydroxylation is 1. The van der Waals surface area contributed by atoms with Crippen molar-refractivity contribution in [2.75, 3.05) is 13.6 Å². The number of hydrogen-bond donors (Lipinski definition) is 1. The number of amides is 1. The molecule has 0 aliphatic heterocycles. The summed E-state index contributed by atoms with van der Waals surface area (Å²) in [4.78, 5) is 27.7. The quantitative estimate of drug-likeness (QED) is 0.840. The Morgan fingerprint density at radius 3 is 2.75 bits per heavy atom. The average Bonchev–Trinajstić information content (AvgIpc) is 2.25. The number of aromatic nitrogens is 1. The molecule has 16 heavy (non-hydrogen) atoms. The van der Waals surface area contributed by atoms with Gasteiger partial charge in [0.05, 0.1) is 0 Å². The third kappa shape index (κ3) is 2.72. The van der Waals surface area contributed by atoms with E-state index in [-0.39, 0.29) is 17.0 Å². The van der Waals surface area contributed by atoms with Crippen molar-refractivity contribution in [2.45, 2.75) is 26.7 Å². The van der Waals surface area contributed by atoms with Gasteiger partial charge in [0.1, 0.15) is 5.56 Å². The normalized spacial score (nSPS) is 10.2. The fourth-order valence-electron chi connectivity index (χ4n) is 1.53. The van der Waals surface area contributed by atoms with E-state index in [1.165, 1.54) is 0 Å². The Bertz CT molecular complexity index is 423. The molecule has 88 valence electrons. The van der Waals surface area contributed by atoms with Crippen LogP contribution in [-0.2, 0) is 0 Å². The largest absolute Gasteiger partial charge is 0.342 e. The Morgan fingerprint density at radius 2 is 2.19 bits per heavy atom. The lowest BCUT2D eigenvalue weighted by Crippen LogP contribution is -2.33. The predicted octanol–water partition coefficient (Wildman–Crippen LogP) is 1.56. The summed E-state index contributed by atoms with van der Waals surface area (Å²) in [7, 11) is 1.73. The van der Waals surface area contributed by atoms with Crippen molar-refractivity contribution in [3.05, 3.63) is 33.7 Å². The molecule has 0 fully saturated rings. The van der Waals surface area contributed by atoms with Crippen LogP contribution < -0.4 is 5.56 Å². The lowest BCUT2D eigenvalue weighted by Gasteiger charge is -2.17. The Labute approximate surface area is 95.3 Å². The van der Waals surface area contributed by atoms with Gasteiger partial charge in [0, 0.05) is 19.8 Å². The highest BCUT2D eigenvalue weighted by molar-refractivity contribution is 5.95. The Morgan fingerprint density at radius 1 is 1.50 bits per heavy atom. The van der Waals surface area contributed by atoms with E-state index in [1.807, 2.05) is 0 Å². The molecule has 1 rings (SSSR count). The van der Waals surface area contributed by atoms with Gasteiger partial charge in [-0.15, -0.1) is 0 Å². The third-order valence-corrected chi connectivity index (χ3v) is 2.58. The molecule has 0 saturated carbocycles. The number of pyridine rings is 1. The van der Waals surface area contributed by atoms with E-state index in [4.69, 9.17) is 0 Å². The van der Waals surface area contributed by atoms with Gasteiger partial charge in [-0.05, 0) is 25.0 Å². The van der Waals surface area contributed by atoms with E-state index in [0.29, 0.717) is 6.54 Å². The highest BCUT2D eigenvalue weighted by Gasteiger charge is 2.16. The van der Waals surface area contributed by atoms with Gasteiger partial charge in [-0.1, -0.05) is 13.3 Å². The molecular formula is C12H18N2O2. The van der Waals surface area contributed by atoms with Crippen molar-refractivity contribution in [3.63, 3.8) is 0 Å². The molecule has 0 saturated heterocycles. The van der Waals surface area contributed by atoms with Crippen LogP contribution in [0.15, 0.2) is 17.1 Å². The summed E-state index contributed by atoms with van der Waals surface area (Å²) in [5, 5.41) is 0. The molecule has 1 N–H and O–H groups in total. The van der Waals surface area contributed by atoms with E-state index in [0.717, 1.165) is 18.4 Å². The second kappa shape index (κ2) is 5.49. The van der Waals surface area contributed by atoms with Gasteiger partial charge < -0.3 is 9.88 Å². The number of nitrogens with zero attached hydrogens (tertiary/aromatic N) is 1. The number of carbonyl (C=O) groups excluding carboxylic acids is 1. The Hall–Kier alpha value is -1.58. The van der Waals surface area contributed by atoms with Gasteiger partial charge in [-0.3, -0.25) is 9.59 Å². The molecule has 0 aliphatic rings. The molecule has 0 aromatic carbocycles. The van der Waals surface area contributed by atoms with Crippen molar-refractivity contribution >= 4 is 5.91 Å². The molecule has 1 aromatic heterocycles. The minimum absolute atomic E-state index is 0.201. The minimum Gasteiger partial charge on any atom is -0.342 e. The molecular weight excluding hydrogens is 204 g/mol. The third-order valence-electron chi connectivity index (χ3n) is 2.58. The number of aromatic amines is 1. The molecule has 4 nitrogen and oxygen atoms in total. The number of rotatable bonds is 4. The molecule has 1 amide bonds. The predicted molar refractivity (Wildman–Crippen MR) is 63.7 cm³/mol. The summed E-state index contributed by atoms with van der Waals surface area (Å²) in [5.74, 6) is -0.201. The summed E-state index contributed by atoms with van der Waals surface area (Å²) < 4.78 is 0. The monoisotopic (exact) mass is 222 g/mol. The van der Waals surface area contributed by atoms with Gasteiger partial charge >= 0.3 is 0 Å². The number of unbranched alkanes of at least 4 members (excludes halogenated alkanes) is 1. The zero-order chi connectivity index (χ0) is 12.1. The van der Waals surface area contributed by atoms with Crippen molar-refractivity contribution in [3.8, 4) is 0 Å². The average molecular weight is 222 g/mol. The van der Waals surface area contributed by atoms with Crippen LogP contribution >= 0.6 is 0 Å². The van der Waals surface area contributed by atoms with Crippen molar-refractivity contribution in [2.24, 2.45) is 0 Å². The molecule has 0 radical (unpaired) electrons. The minimum atomic E-state index is -0.312. The van der Waals surface area contributed by atoms with Gasteiger partial charge in [0.2, 0.25) is 0 Å². The summed E-state index contributed by atoms with van der Waals surface area (Å²) in [6.45, 7) is 4.53. The molecule has 0 spiro atoms. The summed E-state index contributed by atoms with van der Waals surface area (Å²) in [5.41, 5.74) is 0.659. The first-order chi connectivity index (χ1) is 7.57.